The molecule has 1 aliphatic carbocycles. The number of rotatable bonds is 4. The van der Waals surface area contributed by atoms with Crippen molar-refractivity contribution in [1.82, 2.24) is 9.97 Å². The van der Waals surface area contributed by atoms with Crippen molar-refractivity contribution in [2.45, 2.75) is 31.7 Å². The van der Waals surface area contributed by atoms with Crippen molar-refractivity contribution < 1.29 is 0 Å². The molecule has 1 aliphatic rings. The maximum absolute atomic E-state index is 5.49. The fraction of sp³-hybridized carbons (Fsp3) is 0.636. The van der Waals surface area contributed by atoms with Gasteiger partial charge in [-0.1, -0.05) is 0 Å². The Kier molecular flexibility index (Phi) is 3.16. The van der Waals surface area contributed by atoms with Gasteiger partial charge in [0.05, 0.1) is 0 Å². The van der Waals surface area contributed by atoms with Gasteiger partial charge in [0.2, 0.25) is 0 Å². The molecule has 0 atom stereocenters. The minimum atomic E-state index is 0.608. The van der Waals surface area contributed by atoms with Gasteiger partial charge in [0.1, 0.15) is 11.6 Å². The standard InChI is InChI=1S/C11H18N4/c1-15(9-3-2-4-9)11-6-8-13-10(14-11)5-7-12/h6,8-9H,2-5,7,12H2,1H3. The summed E-state index contributed by atoms with van der Waals surface area (Å²) in [6, 6.07) is 2.64. The highest BCUT2D eigenvalue weighted by atomic mass is 15.2. The topological polar surface area (TPSA) is 55.0 Å². The smallest absolute Gasteiger partial charge is 0.132 e. The van der Waals surface area contributed by atoms with Crippen LogP contribution in [0.3, 0.4) is 0 Å². The van der Waals surface area contributed by atoms with Gasteiger partial charge < -0.3 is 10.6 Å². The van der Waals surface area contributed by atoms with Gasteiger partial charge in [-0.05, 0) is 31.9 Å². The summed E-state index contributed by atoms with van der Waals surface area (Å²) in [6.07, 6.45) is 6.49. The van der Waals surface area contributed by atoms with E-state index in [1.54, 1.807) is 0 Å². The van der Waals surface area contributed by atoms with Crippen LogP contribution in [0.5, 0.6) is 0 Å². The predicted molar refractivity (Wildman–Crippen MR) is 60.8 cm³/mol. The minimum absolute atomic E-state index is 0.608. The van der Waals surface area contributed by atoms with Crippen molar-refractivity contribution in [3.8, 4) is 0 Å². The summed E-state index contributed by atoms with van der Waals surface area (Å²) < 4.78 is 0. The van der Waals surface area contributed by atoms with Crippen LogP contribution < -0.4 is 10.6 Å². The molecule has 1 fully saturated rings. The Balaban J connectivity index is 2.09. The van der Waals surface area contributed by atoms with Gasteiger partial charge in [0, 0.05) is 25.7 Å². The van der Waals surface area contributed by atoms with E-state index in [9.17, 15) is 0 Å². The molecule has 15 heavy (non-hydrogen) atoms. The highest BCUT2D eigenvalue weighted by molar-refractivity contribution is 5.38. The number of nitrogens with zero attached hydrogens (tertiary/aromatic N) is 3. The normalized spacial score (nSPS) is 16.1. The Morgan fingerprint density at radius 2 is 2.33 bits per heavy atom. The van der Waals surface area contributed by atoms with Crippen LogP contribution in [0.1, 0.15) is 25.1 Å². The van der Waals surface area contributed by atoms with Crippen molar-refractivity contribution in [2.75, 3.05) is 18.5 Å². The van der Waals surface area contributed by atoms with E-state index in [-0.39, 0.29) is 0 Å². The molecule has 0 aromatic carbocycles. The van der Waals surface area contributed by atoms with Crippen LogP contribution in [0.15, 0.2) is 12.3 Å². The molecule has 82 valence electrons. The number of hydrogen-bond acceptors (Lipinski definition) is 4. The lowest BCUT2D eigenvalue weighted by Gasteiger charge is -2.35. The second-order valence-electron chi connectivity index (χ2n) is 4.07. The molecule has 0 aliphatic heterocycles. The van der Waals surface area contributed by atoms with E-state index in [1.807, 2.05) is 12.3 Å². The van der Waals surface area contributed by atoms with Gasteiger partial charge >= 0.3 is 0 Å². The number of aromatic nitrogens is 2. The van der Waals surface area contributed by atoms with E-state index in [0.29, 0.717) is 12.6 Å². The zero-order valence-corrected chi connectivity index (χ0v) is 9.19. The molecule has 4 nitrogen and oxygen atoms in total. The third kappa shape index (κ3) is 2.26. The molecule has 1 saturated carbocycles. The molecule has 0 amide bonds. The van der Waals surface area contributed by atoms with Gasteiger partial charge in [0.15, 0.2) is 0 Å². The highest BCUT2D eigenvalue weighted by Gasteiger charge is 2.22. The Bertz CT molecular complexity index is 322. The Hall–Kier alpha value is -1.16. The average Bonchev–Trinajstić information content (AvgIpc) is 2.16. The fourth-order valence-corrected chi connectivity index (χ4v) is 1.80. The summed E-state index contributed by atoms with van der Waals surface area (Å²) in [4.78, 5) is 11.0. The van der Waals surface area contributed by atoms with Crippen LogP contribution in [0.2, 0.25) is 0 Å². The number of hydrogen-bond donors (Lipinski definition) is 1. The molecular formula is C11H18N4. The van der Waals surface area contributed by atoms with Gasteiger partial charge in [-0.3, -0.25) is 0 Å². The van der Waals surface area contributed by atoms with E-state index >= 15 is 0 Å². The van der Waals surface area contributed by atoms with Gasteiger partial charge in [-0.2, -0.15) is 0 Å². The molecule has 1 heterocycles. The third-order valence-corrected chi connectivity index (χ3v) is 3.04. The first-order chi connectivity index (χ1) is 7.31. The Morgan fingerprint density at radius 3 is 2.93 bits per heavy atom. The summed E-state index contributed by atoms with van der Waals surface area (Å²) >= 11 is 0. The Labute approximate surface area is 90.5 Å². The van der Waals surface area contributed by atoms with E-state index < -0.39 is 0 Å². The molecule has 2 N–H and O–H groups in total. The summed E-state index contributed by atoms with van der Waals surface area (Å²) in [5.41, 5.74) is 5.49. The van der Waals surface area contributed by atoms with Crippen LogP contribution in [-0.4, -0.2) is 29.6 Å². The van der Waals surface area contributed by atoms with Crippen LogP contribution in [0.25, 0.3) is 0 Å². The van der Waals surface area contributed by atoms with Crippen LogP contribution >= 0.6 is 0 Å². The maximum atomic E-state index is 5.49. The molecular weight excluding hydrogens is 188 g/mol. The van der Waals surface area contributed by atoms with Gasteiger partial charge in [-0.15, -0.1) is 0 Å². The minimum Gasteiger partial charge on any atom is -0.357 e. The molecule has 2 rings (SSSR count). The summed E-state index contributed by atoms with van der Waals surface area (Å²) in [6.45, 7) is 0.608. The van der Waals surface area contributed by atoms with Crippen LogP contribution in [0, 0.1) is 0 Å². The summed E-state index contributed by atoms with van der Waals surface area (Å²) in [5.74, 6) is 1.87. The van der Waals surface area contributed by atoms with E-state index in [1.165, 1.54) is 19.3 Å². The van der Waals surface area contributed by atoms with Gasteiger partial charge in [0.25, 0.3) is 0 Å². The van der Waals surface area contributed by atoms with Crippen LogP contribution in [-0.2, 0) is 6.42 Å². The largest absolute Gasteiger partial charge is 0.357 e. The van der Waals surface area contributed by atoms with Crippen molar-refractivity contribution in [3.05, 3.63) is 18.1 Å². The van der Waals surface area contributed by atoms with Crippen LogP contribution in [0.4, 0.5) is 5.82 Å². The van der Waals surface area contributed by atoms with Crippen molar-refractivity contribution in [1.29, 1.82) is 0 Å². The molecule has 1 aromatic heterocycles. The molecule has 0 spiro atoms. The summed E-state index contributed by atoms with van der Waals surface area (Å²) in [7, 11) is 2.11. The zero-order chi connectivity index (χ0) is 10.7. The first kappa shape index (κ1) is 10.4. The maximum Gasteiger partial charge on any atom is 0.132 e. The Morgan fingerprint density at radius 1 is 1.53 bits per heavy atom. The van der Waals surface area contributed by atoms with Gasteiger partial charge in [-0.25, -0.2) is 9.97 Å². The quantitative estimate of drug-likeness (QED) is 0.797. The zero-order valence-electron chi connectivity index (χ0n) is 9.19. The molecule has 0 bridgehead atoms. The number of nitrogens with two attached hydrogens (primary N) is 1. The average molecular weight is 206 g/mol. The molecule has 0 saturated heterocycles. The van der Waals surface area contributed by atoms with E-state index in [0.717, 1.165) is 18.1 Å². The molecule has 0 unspecified atom stereocenters. The fourth-order valence-electron chi connectivity index (χ4n) is 1.80. The number of anilines is 1. The lowest BCUT2D eigenvalue weighted by Crippen LogP contribution is -2.37. The monoisotopic (exact) mass is 206 g/mol. The first-order valence-electron chi connectivity index (χ1n) is 5.56. The lowest BCUT2D eigenvalue weighted by atomic mass is 9.92. The second kappa shape index (κ2) is 4.57. The van der Waals surface area contributed by atoms with E-state index in [4.69, 9.17) is 5.73 Å². The SMILES string of the molecule is CN(c1ccnc(CCN)n1)C1CCC1. The van der Waals surface area contributed by atoms with Crippen molar-refractivity contribution in [3.63, 3.8) is 0 Å². The first-order valence-corrected chi connectivity index (χ1v) is 5.56. The van der Waals surface area contributed by atoms with Crippen molar-refractivity contribution >= 4 is 5.82 Å². The predicted octanol–water partition coefficient (Wildman–Crippen LogP) is 0.966. The molecule has 4 heteroatoms. The van der Waals surface area contributed by atoms with E-state index in [2.05, 4.69) is 21.9 Å². The summed E-state index contributed by atoms with van der Waals surface area (Å²) in [5, 5.41) is 0. The van der Waals surface area contributed by atoms with Crippen molar-refractivity contribution in [2.24, 2.45) is 5.73 Å². The highest BCUT2D eigenvalue weighted by Crippen LogP contribution is 2.26. The molecule has 0 radical (unpaired) electrons. The lowest BCUT2D eigenvalue weighted by molar-refractivity contribution is 0.399. The third-order valence-electron chi connectivity index (χ3n) is 3.04. The molecule has 1 aromatic rings. The second-order valence-corrected chi connectivity index (χ2v) is 4.07.